The van der Waals surface area contributed by atoms with Gasteiger partial charge in [0, 0.05) is 5.56 Å². The highest BCUT2D eigenvalue weighted by atomic mass is 16.3. The average Bonchev–Trinajstić information content (AvgIpc) is 2.25. The summed E-state index contributed by atoms with van der Waals surface area (Å²) < 4.78 is 0. The van der Waals surface area contributed by atoms with Gasteiger partial charge in [0.25, 0.3) is 5.91 Å². The summed E-state index contributed by atoms with van der Waals surface area (Å²) in [6.45, 7) is 1.65. The largest absolute Gasteiger partial charge is 0.504 e. The highest BCUT2D eigenvalue weighted by Gasteiger charge is 2.05. The van der Waals surface area contributed by atoms with Crippen LogP contribution >= 0.6 is 0 Å². The molecule has 0 aromatic heterocycles. The van der Waals surface area contributed by atoms with E-state index in [1.54, 1.807) is 6.92 Å². The lowest BCUT2D eigenvalue weighted by atomic mass is 10.2. The summed E-state index contributed by atoms with van der Waals surface area (Å²) in [5.74, 6) is 3.89. The quantitative estimate of drug-likeness (QED) is 0.324. The van der Waals surface area contributed by atoms with Crippen LogP contribution in [0.15, 0.2) is 23.0 Å². The number of amides is 1. The molecule has 5 nitrogen and oxygen atoms in total. The lowest BCUT2D eigenvalue weighted by Crippen LogP contribution is -2.29. The molecule has 1 amide bonds. The molecule has 0 saturated carbocycles. The van der Waals surface area contributed by atoms with Crippen molar-refractivity contribution in [2.24, 2.45) is 5.84 Å². The maximum absolute atomic E-state index is 11.1. The van der Waals surface area contributed by atoms with Crippen LogP contribution in [-0.2, 0) is 0 Å². The first-order chi connectivity index (χ1) is 6.54. The van der Waals surface area contributed by atoms with E-state index in [1.165, 1.54) is 12.1 Å². The van der Waals surface area contributed by atoms with E-state index >= 15 is 0 Å². The third kappa shape index (κ3) is 2.08. The van der Waals surface area contributed by atoms with Crippen LogP contribution in [0, 0.1) is 6.92 Å². The molecule has 0 bridgehead atoms. The van der Waals surface area contributed by atoms with E-state index in [0.29, 0.717) is 5.56 Å². The van der Waals surface area contributed by atoms with Crippen molar-refractivity contribution in [3.63, 3.8) is 0 Å². The summed E-state index contributed by atoms with van der Waals surface area (Å²) in [4.78, 5) is 22.2. The van der Waals surface area contributed by atoms with Crippen molar-refractivity contribution in [1.82, 2.24) is 5.43 Å². The van der Waals surface area contributed by atoms with Gasteiger partial charge in [-0.3, -0.25) is 15.0 Å². The molecular weight excluding hydrogens is 184 g/mol. The topological polar surface area (TPSA) is 92.4 Å². The molecule has 4 N–H and O–H groups in total. The van der Waals surface area contributed by atoms with Gasteiger partial charge in [-0.15, -0.1) is 0 Å². The molecule has 0 atom stereocenters. The number of aryl methyl sites for hydroxylation is 1. The van der Waals surface area contributed by atoms with E-state index < -0.39 is 17.1 Å². The van der Waals surface area contributed by atoms with Crippen LogP contribution in [0.3, 0.4) is 0 Å². The van der Waals surface area contributed by atoms with Gasteiger partial charge in [-0.1, -0.05) is 0 Å². The number of carbonyl (C=O) groups is 1. The van der Waals surface area contributed by atoms with Gasteiger partial charge >= 0.3 is 0 Å². The van der Waals surface area contributed by atoms with Crippen LogP contribution in [0.4, 0.5) is 0 Å². The Morgan fingerprint density at radius 2 is 2.07 bits per heavy atom. The van der Waals surface area contributed by atoms with Crippen molar-refractivity contribution in [2.75, 3.05) is 0 Å². The predicted molar refractivity (Wildman–Crippen MR) is 50.8 cm³/mol. The first kappa shape index (κ1) is 10.2. The zero-order chi connectivity index (χ0) is 10.7. The molecule has 5 heteroatoms. The Morgan fingerprint density at radius 3 is 2.64 bits per heavy atom. The maximum Gasteiger partial charge on any atom is 0.265 e. The molecule has 14 heavy (non-hydrogen) atoms. The second-order valence-electron chi connectivity index (χ2n) is 2.86. The summed E-state index contributed by atoms with van der Waals surface area (Å²) in [6.07, 6.45) is 0. The second kappa shape index (κ2) is 3.89. The Kier molecular flexibility index (Phi) is 2.83. The molecule has 0 aliphatic carbocycles. The van der Waals surface area contributed by atoms with Crippen molar-refractivity contribution in [3.8, 4) is 5.75 Å². The lowest BCUT2D eigenvalue weighted by Gasteiger charge is -1.95. The number of nitrogen functional groups attached to an aromatic ring is 1. The van der Waals surface area contributed by atoms with Crippen LogP contribution in [0.5, 0.6) is 5.75 Å². The van der Waals surface area contributed by atoms with Gasteiger partial charge in [-0.25, -0.2) is 5.84 Å². The van der Waals surface area contributed by atoms with Crippen LogP contribution in [0.25, 0.3) is 0 Å². The van der Waals surface area contributed by atoms with Gasteiger partial charge < -0.3 is 5.11 Å². The Morgan fingerprint density at radius 1 is 1.43 bits per heavy atom. The van der Waals surface area contributed by atoms with Crippen molar-refractivity contribution < 1.29 is 9.90 Å². The number of carbonyl (C=O) groups excluding carboxylic acids is 1. The minimum atomic E-state index is -0.556. The highest BCUT2D eigenvalue weighted by Crippen LogP contribution is 2.06. The summed E-state index contributed by atoms with van der Waals surface area (Å²) in [6, 6.07) is 3.78. The third-order valence-corrected chi connectivity index (χ3v) is 1.68. The number of hydrogen-bond acceptors (Lipinski definition) is 4. The predicted octanol–water partition coefficient (Wildman–Crippen LogP) is -0.336. The van der Waals surface area contributed by atoms with E-state index in [2.05, 4.69) is 0 Å². The van der Waals surface area contributed by atoms with Gasteiger partial charge in [0.1, 0.15) is 0 Å². The molecule has 1 aromatic carbocycles. The summed E-state index contributed by atoms with van der Waals surface area (Å²) in [5, 5.41) is 9.20. The Hall–Kier alpha value is -1.88. The minimum absolute atomic E-state index is 0.143. The van der Waals surface area contributed by atoms with E-state index in [1.807, 2.05) is 5.43 Å². The minimum Gasteiger partial charge on any atom is -0.504 e. The monoisotopic (exact) mass is 194 g/mol. The van der Waals surface area contributed by atoms with Crippen molar-refractivity contribution >= 4 is 5.91 Å². The second-order valence-corrected chi connectivity index (χ2v) is 2.86. The standard InChI is InChI=1S/C9H10N2O3/c1-5-2-6(9(14)11-10)4-8(13)7(12)3-5/h2-4H,10H2,1H3,(H,11,14)(H,12,13). The molecule has 0 fully saturated rings. The van der Waals surface area contributed by atoms with Gasteiger partial charge in [0.05, 0.1) is 0 Å². The van der Waals surface area contributed by atoms with Crippen molar-refractivity contribution in [1.29, 1.82) is 0 Å². The zero-order valence-electron chi connectivity index (χ0n) is 7.57. The Labute approximate surface area is 80.1 Å². The molecule has 0 spiro atoms. The summed E-state index contributed by atoms with van der Waals surface area (Å²) in [5.41, 5.74) is 2.11. The van der Waals surface area contributed by atoms with E-state index in [0.717, 1.165) is 6.07 Å². The number of aromatic hydroxyl groups is 1. The molecular formula is C9H10N2O3. The maximum atomic E-state index is 11.1. The normalized spacial score (nSPS) is 9.57. The molecule has 0 aliphatic heterocycles. The number of rotatable bonds is 1. The number of nitrogens with two attached hydrogens (primary N) is 1. The van der Waals surface area contributed by atoms with Gasteiger partial charge in [0.15, 0.2) is 5.75 Å². The van der Waals surface area contributed by atoms with Crippen LogP contribution in [0.1, 0.15) is 15.9 Å². The van der Waals surface area contributed by atoms with E-state index in [4.69, 9.17) is 5.84 Å². The third-order valence-electron chi connectivity index (χ3n) is 1.68. The number of hydrazine groups is 1. The average molecular weight is 194 g/mol. The van der Waals surface area contributed by atoms with E-state index in [9.17, 15) is 14.7 Å². The highest BCUT2D eigenvalue weighted by molar-refractivity contribution is 5.94. The SMILES string of the molecule is Cc1cc(C(=O)NN)cc(O)c(=O)c1. The van der Waals surface area contributed by atoms with Crippen molar-refractivity contribution in [2.45, 2.75) is 6.92 Å². The number of hydrogen-bond donors (Lipinski definition) is 3. The Bertz CT molecular complexity index is 429. The van der Waals surface area contributed by atoms with Gasteiger partial charge in [-0.05, 0) is 30.7 Å². The van der Waals surface area contributed by atoms with Crippen LogP contribution in [0.2, 0.25) is 0 Å². The van der Waals surface area contributed by atoms with Gasteiger partial charge in [-0.2, -0.15) is 0 Å². The van der Waals surface area contributed by atoms with Crippen LogP contribution in [-0.4, -0.2) is 11.0 Å². The van der Waals surface area contributed by atoms with E-state index in [-0.39, 0.29) is 5.56 Å². The molecule has 0 unspecified atom stereocenters. The first-order valence-corrected chi connectivity index (χ1v) is 3.90. The van der Waals surface area contributed by atoms with Gasteiger partial charge in [0.2, 0.25) is 5.43 Å². The first-order valence-electron chi connectivity index (χ1n) is 3.90. The summed E-state index contributed by atoms with van der Waals surface area (Å²) in [7, 11) is 0. The molecule has 0 radical (unpaired) electrons. The Balaban J connectivity index is 3.43. The molecule has 0 saturated heterocycles. The molecule has 0 heterocycles. The zero-order valence-corrected chi connectivity index (χ0v) is 7.57. The smallest absolute Gasteiger partial charge is 0.265 e. The molecule has 1 aromatic rings. The fraction of sp³-hybridized carbons (Fsp3) is 0.111. The molecule has 0 aliphatic rings. The van der Waals surface area contributed by atoms with Crippen LogP contribution < -0.4 is 16.7 Å². The van der Waals surface area contributed by atoms with Crippen molar-refractivity contribution in [3.05, 3.63) is 39.5 Å². The fourth-order valence-corrected chi connectivity index (χ4v) is 1.04. The lowest BCUT2D eigenvalue weighted by molar-refractivity contribution is 0.0953. The summed E-state index contributed by atoms with van der Waals surface area (Å²) >= 11 is 0. The molecule has 1 rings (SSSR count). The molecule has 74 valence electrons. The fourth-order valence-electron chi connectivity index (χ4n) is 1.04. The number of nitrogens with one attached hydrogen (secondary N) is 1.